The molecule has 0 unspecified atom stereocenters. The first-order valence-corrected chi connectivity index (χ1v) is 9.95. The molecule has 7 rings (SSSR count). The van der Waals surface area contributed by atoms with Crippen molar-refractivity contribution in [1.82, 2.24) is 8.97 Å². The third kappa shape index (κ3) is 1.49. The molecular weight excluding hydrogens is 340 g/mol. The van der Waals surface area contributed by atoms with Gasteiger partial charge in [-0.25, -0.2) is 0 Å². The van der Waals surface area contributed by atoms with Crippen molar-refractivity contribution >= 4 is 59.9 Å². The SMILES string of the molecule is CCn1c2ccccc2c2c1ccc1c3cccc4c5ccccc5n(c43)c12. The molecule has 0 aliphatic rings. The van der Waals surface area contributed by atoms with Gasteiger partial charge in [-0.1, -0.05) is 60.7 Å². The number of hydrogen-bond donors (Lipinski definition) is 0. The normalized spacial score (nSPS) is 12.6. The quantitative estimate of drug-likeness (QED) is 0.300. The molecule has 0 fully saturated rings. The van der Waals surface area contributed by atoms with Crippen LogP contribution in [0.25, 0.3) is 59.9 Å². The number of aromatic nitrogens is 2. The van der Waals surface area contributed by atoms with Gasteiger partial charge in [0.05, 0.1) is 22.1 Å². The monoisotopic (exact) mass is 358 g/mol. The van der Waals surface area contributed by atoms with Gasteiger partial charge in [0.1, 0.15) is 0 Å². The third-order valence-corrected chi connectivity index (χ3v) is 6.44. The number of hydrogen-bond acceptors (Lipinski definition) is 0. The van der Waals surface area contributed by atoms with Crippen molar-refractivity contribution in [2.45, 2.75) is 13.5 Å². The molecule has 28 heavy (non-hydrogen) atoms. The Morgan fingerprint density at radius 2 is 1.18 bits per heavy atom. The summed E-state index contributed by atoms with van der Waals surface area (Å²) in [7, 11) is 0. The Morgan fingerprint density at radius 1 is 0.536 bits per heavy atom. The van der Waals surface area contributed by atoms with Gasteiger partial charge < -0.3 is 8.97 Å². The van der Waals surface area contributed by atoms with Crippen molar-refractivity contribution in [2.75, 3.05) is 0 Å². The van der Waals surface area contributed by atoms with Crippen LogP contribution in [-0.2, 0) is 6.54 Å². The highest BCUT2D eigenvalue weighted by molar-refractivity contribution is 6.30. The predicted octanol–water partition coefficient (Wildman–Crippen LogP) is 6.96. The maximum Gasteiger partial charge on any atom is 0.0641 e. The van der Waals surface area contributed by atoms with Crippen LogP contribution >= 0.6 is 0 Å². The van der Waals surface area contributed by atoms with E-state index in [1.165, 1.54) is 59.9 Å². The summed E-state index contributed by atoms with van der Waals surface area (Å²) in [5, 5.41) is 8.08. The summed E-state index contributed by atoms with van der Waals surface area (Å²) < 4.78 is 4.95. The molecule has 0 saturated carbocycles. The first-order valence-electron chi connectivity index (χ1n) is 9.95. The Balaban J connectivity index is 1.92. The summed E-state index contributed by atoms with van der Waals surface area (Å²) in [5.74, 6) is 0. The largest absolute Gasteiger partial charge is 0.341 e. The number of fused-ring (bicyclic) bond motifs is 10. The van der Waals surface area contributed by atoms with E-state index >= 15 is 0 Å². The Bertz CT molecular complexity index is 1690. The highest BCUT2D eigenvalue weighted by Gasteiger charge is 2.21. The lowest BCUT2D eigenvalue weighted by Crippen LogP contribution is -1.92. The van der Waals surface area contributed by atoms with Gasteiger partial charge in [0.2, 0.25) is 0 Å². The zero-order valence-corrected chi connectivity index (χ0v) is 15.6. The van der Waals surface area contributed by atoms with Gasteiger partial charge in [-0.15, -0.1) is 0 Å². The number of para-hydroxylation sites is 3. The molecule has 0 atom stereocenters. The summed E-state index contributed by atoms with van der Waals surface area (Å²) in [6, 6.07) is 29.0. The predicted molar refractivity (Wildman–Crippen MR) is 120 cm³/mol. The minimum Gasteiger partial charge on any atom is -0.341 e. The average molecular weight is 358 g/mol. The number of rotatable bonds is 1. The molecule has 0 amide bonds. The molecule has 132 valence electrons. The summed E-state index contributed by atoms with van der Waals surface area (Å²) in [6.07, 6.45) is 0. The second-order valence-corrected chi connectivity index (χ2v) is 7.67. The van der Waals surface area contributed by atoms with E-state index in [-0.39, 0.29) is 0 Å². The van der Waals surface area contributed by atoms with Gasteiger partial charge in [0.15, 0.2) is 0 Å². The first-order chi connectivity index (χ1) is 13.9. The van der Waals surface area contributed by atoms with E-state index in [4.69, 9.17) is 0 Å². The number of nitrogens with zero attached hydrogens (tertiary/aromatic N) is 2. The van der Waals surface area contributed by atoms with Gasteiger partial charge >= 0.3 is 0 Å². The second kappa shape index (κ2) is 4.85. The molecule has 0 spiro atoms. The molecule has 0 saturated heterocycles. The van der Waals surface area contributed by atoms with Crippen LogP contribution < -0.4 is 0 Å². The average Bonchev–Trinajstić information content (AvgIpc) is 3.37. The Kier molecular flexibility index (Phi) is 2.51. The van der Waals surface area contributed by atoms with Crippen LogP contribution in [0.4, 0.5) is 0 Å². The van der Waals surface area contributed by atoms with E-state index in [1.807, 2.05) is 0 Å². The van der Waals surface area contributed by atoms with Gasteiger partial charge in [-0.2, -0.15) is 0 Å². The van der Waals surface area contributed by atoms with E-state index in [2.05, 4.69) is 94.8 Å². The molecule has 0 N–H and O–H groups in total. The maximum atomic E-state index is 2.50. The van der Waals surface area contributed by atoms with Crippen molar-refractivity contribution in [2.24, 2.45) is 0 Å². The Hall–Kier alpha value is -3.52. The van der Waals surface area contributed by atoms with Crippen molar-refractivity contribution in [1.29, 1.82) is 0 Å². The van der Waals surface area contributed by atoms with Crippen LogP contribution in [0.3, 0.4) is 0 Å². The van der Waals surface area contributed by atoms with Crippen molar-refractivity contribution in [3.63, 3.8) is 0 Å². The molecule has 3 heterocycles. The van der Waals surface area contributed by atoms with Crippen LogP contribution in [0.15, 0.2) is 78.9 Å². The Morgan fingerprint density at radius 3 is 2.00 bits per heavy atom. The molecule has 0 aliphatic carbocycles. The summed E-state index contributed by atoms with van der Waals surface area (Å²) >= 11 is 0. The summed E-state index contributed by atoms with van der Waals surface area (Å²) in [5.41, 5.74) is 6.62. The van der Waals surface area contributed by atoms with Crippen molar-refractivity contribution in [3.05, 3.63) is 78.9 Å². The molecule has 0 aliphatic heterocycles. The van der Waals surface area contributed by atoms with Gasteiger partial charge in [0, 0.05) is 44.4 Å². The van der Waals surface area contributed by atoms with E-state index in [9.17, 15) is 0 Å². The number of aryl methyl sites for hydroxylation is 1. The minimum atomic E-state index is 0.970. The molecule has 0 radical (unpaired) electrons. The van der Waals surface area contributed by atoms with Gasteiger partial charge in [-0.3, -0.25) is 0 Å². The van der Waals surface area contributed by atoms with Crippen LogP contribution in [0.5, 0.6) is 0 Å². The summed E-state index contributed by atoms with van der Waals surface area (Å²) in [4.78, 5) is 0. The zero-order chi connectivity index (χ0) is 18.4. The fourth-order valence-electron chi connectivity index (χ4n) is 5.38. The molecular formula is C26H18N2. The first kappa shape index (κ1) is 14.5. The Labute approximate surface area is 161 Å². The fourth-order valence-corrected chi connectivity index (χ4v) is 5.38. The van der Waals surface area contributed by atoms with Crippen molar-refractivity contribution in [3.8, 4) is 0 Å². The molecule has 2 heteroatoms. The van der Waals surface area contributed by atoms with E-state index in [1.54, 1.807) is 0 Å². The van der Waals surface area contributed by atoms with Crippen LogP contribution in [0.1, 0.15) is 6.92 Å². The van der Waals surface area contributed by atoms with Crippen LogP contribution in [0.2, 0.25) is 0 Å². The van der Waals surface area contributed by atoms with Gasteiger partial charge in [-0.05, 0) is 25.1 Å². The number of benzene rings is 4. The van der Waals surface area contributed by atoms with Gasteiger partial charge in [0.25, 0.3) is 0 Å². The lowest BCUT2D eigenvalue weighted by Gasteiger charge is -2.03. The standard InChI is InChI=1S/C26H18N2/c1-2-27-21-12-5-4-9-20(21)24-23(27)15-14-19-18-11-7-10-17-16-8-3-6-13-22(16)28(25(17)18)26(19)24/h3-15H,2H2,1H3. The van der Waals surface area contributed by atoms with E-state index < -0.39 is 0 Å². The fraction of sp³-hybridized carbons (Fsp3) is 0.0769. The highest BCUT2D eigenvalue weighted by atomic mass is 15.0. The molecule has 3 aromatic heterocycles. The molecule has 0 bridgehead atoms. The lowest BCUT2D eigenvalue weighted by molar-refractivity contribution is 0.827. The van der Waals surface area contributed by atoms with Crippen molar-refractivity contribution < 1.29 is 0 Å². The topological polar surface area (TPSA) is 9.34 Å². The van der Waals surface area contributed by atoms with Crippen LogP contribution in [-0.4, -0.2) is 8.97 Å². The molecule has 2 nitrogen and oxygen atoms in total. The van der Waals surface area contributed by atoms with Crippen LogP contribution in [0, 0.1) is 0 Å². The highest BCUT2D eigenvalue weighted by Crippen LogP contribution is 2.43. The lowest BCUT2D eigenvalue weighted by atomic mass is 10.1. The van der Waals surface area contributed by atoms with E-state index in [0.29, 0.717) is 0 Å². The minimum absolute atomic E-state index is 0.970. The molecule has 7 aromatic rings. The smallest absolute Gasteiger partial charge is 0.0641 e. The summed E-state index contributed by atoms with van der Waals surface area (Å²) in [6.45, 7) is 3.20. The van der Waals surface area contributed by atoms with E-state index in [0.717, 1.165) is 6.54 Å². The third-order valence-electron chi connectivity index (χ3n) is 6.44. The molecule has 4 aromatic carbocycles. The second-order valence-electron chi connectivity index (χ2n) is 7.67. The maximum absolute atomic E-state index is 2.50. The zero-order valence-electron chi connectivity index (χ0n) is 15.6.